The number of benzene rings is 3. The zero-order chi connectivity index (χ0) is 31.4. The zero-order valence-corrected chi connectivity index (χ0v) is 26.2. The summed E-state index contributed by atoms with van der Waals surface area (Å²) in [4.78, 5) is 42.5. The molecule has 3 aromatic carbocycles. The van der Waals surface area contributed by atoms with Crippen LogP contribution in [0.3, 0.4) is 0 Å². The Morgan fingerprint density at radius 1 is 0.911 bits per heavy atom. The van der Waals surface area contributed by atoms with Gasteiger partial charge in [-0.15, -0.1) is 0 Å². The van der Waals surface area contributed by atoms with Crippen LogP contribution in [0.4, 0.5) is 5.69 Å². The molecule has 0 aromatic heterocycles. The van der Waals surface area contributed by atoms with E-state index < -0.39 is 23.9 Å². The van der Waals surface area contributed by atoms with Gasteiger partial charge in [-0.1, -0.05) is 70.9 Å². The molecular formula is C34H30Cl2N6O3. The predicted octanol–water partition coefficient (Wildman–Crippen LogP) is 6.73. The van der Waals surface area contributed by atoms with E-state index in [0.29, 0.717) is 15.7 Å². The Hall–Kier alpha value is -4.34. The van der Waals surface area contributed by atoms with Gasteiger partial charge in [0.1, 0.15) is 6.54 Å². The number of hydrazone groups is 1. The number of amides is 3. The number of rotatable bonds is 5. The van der Waals surface area contributed by atoms with Crippen LogP contribution in [-0.4, -0.2) is 52.1 Å². The van der Waals surface area contributed by atoms with Crippen LogP contribution in [0.5, 0.6) is 0 Å². The minimum atomic E-state index is -1.00. The number of fused-ring (bicyclic) bond motifs is 2. The van der Waals surface area contributed by atoms with Gasteiger partial charge >= 0.3 is 0 Å². The summed E-state index contributed by atoms with van der Waals surface area (Å²) < 4.78 is 0. The van der Waals surface area contributed by atoms with Gasteiger partial charge in [0.2, 0.25) is 0 Å². The number of hydrogen-bond donors (Lipinski definition) is 0. The van der Waals surface area contributed by atoms with Gasteiger partial charge in [0.15, 0.2) is 12.1 Å². The number of halogens is 2. The average Bonchev–Trinajstić information content (AvgIpc) is 3.69. The van der Waals surface area contributed by atoms with E-state index in [2.05, 4.69) is 16.4 Å². The molecule has 0 bridgehead atoms. The summed E-state index contributed by atoms with van der Waals surface area (Å²) in [5, 5.41) is 17.4. The van der Waals surface area contributed by atoms with Gasteiger partial charge in [0.05, 0.1) is 17.4 Å². The fraction of sp³-hybridized carbons (Fsp3) is 0.294. The molecule has 4 atom stereocenters. The van der Waals surface area contributed by atoms with Crippen molar-refractivity contribution in [1.82, 2.24) is 10.0 Å². The lowest BCUT2D eigenvalue weighted by atomic mass is 9.77. The van der Waals surface area contributed by atoms with Crippen LogP contribution in [0.1, 0.15) is 47.6 Å². The van der Waals surface area contributed by atoms with Crippen LogP contribution < -0.4 is 4.90 Å². The third-order valence-electron chi connectivity index (χ3n) is 9.00. The molecule has 3 amide bonds. The first kappa shape index (κ1) is 29.4. The first-order valence-corrected chi connectivity index (χ1v) is 15.7. The van der Waals surface area contributed by atoms with Crippen molar-refractivity contribution in [2.45, 2.75) is 51.2 Å². The van der Waals surface area contributed by atoms with Crippen molar-refractivity contribution in [2.75, 3.05) is 11.4 Å². The van der Waals surface area contributed by atoms with E-state index in [-0.39, 0.29) is 24.4 Å². The molecule has 3 aliphatic heterocycles. The van der Waals surface area contributed by atoms with Crippen molar-refractivity contribution < 1.29 is 14.4 Å². The van der Waals surface area contributed by atoms with Gasteiger partial charge in [-0.05, 0) is 91.3 Å². The first-order valence-electron chi connectivity index (χ1n) is 15.0. The fourth-order valence-electron chi connectivity index (χ4n) is 6.90. The van der Waals surface area contributed by atoms with Crippen LogP contribution in [0.15, 0.2) is 87.7 Å². The summed E-state index contributed by atoms with van der Waals surface area (Å²) >= 11 is 12.3. The largest absolute Gasteiger partial charge is 0.271 e. The van der Waals surface area contributed by atoms with Crippen molar-refractivity contribution in [3.63, 3.8) is 0 Å². The number of imide groups is 1. The highest BCUT2D eigenvalue weighted by atomic mass is 35.5. The van der Waals surface area contributed by atoms with Gasteiger partial charge < -0.3 is 0 Å². The maximum atomic E-state index is 14.1. The Bertz CT molecular complexity index is 1780. The summed E-state index contributed by atoms with van der Waals surface area (Å²) in [6.45, 7) is 3.46. The molecule has 0 spiro atoms. The third kappa shape index (κ3) is 5.14. The molecule has 3 heterocycles. The monoisotopic (exact) mass is 640 g/mol. The number of nitrogens with zero attached hydrogens (tertiary/aromatic N) is 6. The van der Waals surface area contributed by atoms with Crippen LogP contribution >= 0.6 is 23.2 Å². The molecular weight excluding hydrogens is 611 g/mol. The van der Waals surface area contributed by atoms with Crippen LogP contribution in [0, 0.1) is 19.8 Å². The normalized spacial score (nSPS) is 24.8. The third-order valence-corrected chi connectivity index (χ3v) is 9.50. The lowest BCUT2D eigenvalue weighted by Crippen LogP contribution is -2.45. The van der Waals surface area contributed by atoms with Crippen LogP contribution in [0.25, 0.3) is 6.08 Å². The molecule has 228 valence electrons. The maximum absolute atomic E-state index is 14.1. The molecule has 1 saturated carbocycles. The van der Waals surface area contributed by atoms with Gasteiger partial charge in [0.25, 0.3) is 17.7 Å². The molecule has 3 aromatic rings. The number of anilines is 1. The van der Waals surface area contributed by atoms with E-state index in [0.717, 1.165) is 52.8 Å². The number of allylic oxidation sites excluding steroid dienone is 1. The Kier molecular flexibility index (Phi) is 7.54. The number of para-hydroxylation sites is 1. The fourth-order valence-corrected chi connectivity index (χ4v) is 7.16. The van der Waals surface area contributed by atoms with E-state index in [4.69, 9.17) is 28.3 Å². The lowest BCUT2D eigenvalue weighted by Gasteiger charge is -2.30. The number of hydrogen-bond acceptors (Lipinski definition) is 7. The van der Waals surface area contributed by atoms with Crippen molar-refractivity contribution in [1.29, 1.82) is 0 Å². The second-order valence-electron chi connectivity index (χ2n) is 11.9. The van der Waals surface area contributed by atoms with Crippen molar-refractivity contribution in [3.8, 4) is 0 Å². The number of carbonyl (C=O) groups is 3. The SMILES string of the molecule is Cc1cccc(C)c1N1C(=O)[C@@H]2N=NN(CC(=O)N3N=C4/C(=C/c5ccc(Cl)cc5)CCC[C@@H]4[C@H]3c3ccc(Cl)cc3)[C@H]2C1=O. The van der Waals surface area contributed by atoms with E-state index in [1.165, 1.54) is 14.9 Å². The van der Waals surface area contributed by atoms with Gasteiger partial charge in [-0.25, -0.2) is 9.91 Å². The first-order chi connectivity index (χ1) is 21.7. The van der Waals surface area contributed by atoms with Crippen molar-refractivity contribution >= 4 is 58.4 Å². The second-order valence-corrected chi connectivity index (χ2v) is 12.8. The molecule has 0 N–H and O–H groups in total. The summed E-state index contributed by atoms with van der Waals surface area (Å²) in [5.74, 6) is -1.24. The Labute approximate surface area is 270 Å². The van der Waals surface area contributed by atoms with Crippen LogP contribution in [0.2, 0.25) is 10.0 Å². The molecule has 0 unspecified atom stereocenters. The standard InChI is InChI=1S/C34H30Cl2N6O3/c1-19-5-3-6-20(2)30(19)41-33(44)29-32(34(41)45)40(39-37-29)18-27(43)42-31(22-11-15-25(36)16-12-22)26-8-4-7-23(28(26)38-42)17-21-9-13-24(35)14-10-21/h3,5-6,9-17,26,29,31-32H,4,7-8,18H2,1-2H3/b23-17+/t26-,29+,31+,32+/m0/s1. The van der Waals surface area contributed by atoms with Gasteiger partial charge in [-0.3, -0.25) is 19.4 Å². The van der Waals surface area contributed by atoms with Crippen LogP contribution in [-0.2, 0) is 14.4 Å². The Balaban J connectivity index is 1.19. The van der Waals surface area contributed by atoms with Gasteiger partial charge in [-0.2, -0.15) is 10.2 Å². The quantitative estimate of drug-likeness (QED) is 0.289. The summed E-state index contributed by atoms with van der Waals surface area (Å²) in [5.41, 5.74) is 6.04. The van der Waals surface area contributed by atoms with E-state index in [9.17, 15) is 14.4 Å². The van der Waals surface area contributed by atoms with E-state index in [1.54, 1.807) is 0 Å². The molecule has 11 heteroatoms. The highest BCUT2D eigenvalue weighted by Crippen LogP contribution is 2.45. The van der Waals surface area contributed by atoms with Crippen molar-refractivity contribution in [3.05, 3.63) is 105 Å². The Morgan fingerprint density at radius 3 is 2.27 bits per heavy atom. The maximum Gasteiger partial charge on any atom is 0.264 e. The minimum Gasteiger partial charge on any atom is -0.271 e. The summed E-state index contributed by atoms with van der Waals surface area (Å²) in [7, 11) is 0. The molecule has 0 radical (unpaired) electrons. The number of aryl methyl sites for hydroxylation is 2. The second kappa shape index (κ2) is 11.5. The van der Waals surface area contributed by atoms with Gasteiger partial charge in [0, 0.05) is 16.0 Å². The smallest absolute Gasteiger partial charge is 0.264 e. The molecule has 1 saturated heterocycles. The zero-order valence-electron chi connectivity index (χ0n) is 24.7. The summed E-state index contributed by atoms with van der Waals surface area (Å²) in [6, 6.07) is 18.4. The van der Waals surface area contributed by atoms with E-state index in [1.807, 2.05) is 80.6 Å². The molecule has 2 fully saturated rings. The number of carbonyl (C=O) groups excluding carboxylic acids is 3. The van der Waals surface area contributed by atoms with Crippen molar-refractivity contribution in [2.24, 2.45) is 21.4 Å². The molecule has 7 rings (SSSR count). The predicted molar refractivity (Wildman–Crippen MR) is 173 cm³/mol. The minimum absolute atomic E-state index is 0.0235. The lowest BCUT2D eigenvalue weighted by molar-refractivity contribution is -0.136. The average molecular weight is 642 g/mol. The topological polar surface area (TPSA) is 98.0 Å². The molecule has 9 nitrogen and oxygen atoms in total. The molecule has 4 aliphatic rings. The Morgan fingerprint density at radius 2 is 1.58 bits per heavy atom. The highest BCUT2D eigenvalue weighted by molar-refractivity contribution is 6.31. The molecule has 1 aliphatic carbocycles. The summed E-state index contributed by atoms with van der Waals surface area (Å²) in [6.07, 6.45) is 4.75. The van der Waals surface area contributed by atoms with E-state index >= 15 is 0 Å². The molecule has 45 heavy (non-hydrogen) atoms. The highest BCUT2D eigenvalue weighted by Gasteiger charge is 2.56.